The van der Waals surface area contributed by atoms with Gasteiger partial charge in [-0.15, -0.1) is 0 Å². The molecule has 29 heavy (non-hydrogen) atoms. The number of hydrogen-bond donors (Lipinski definition) is 2. The summed E-state index contributed by atoms with van der Waals surface area (Å²) in [6.45, 7) is 0. The molecule has 0 unspecified atom stereocenters. The molecule has 1 aliphatic carbocycles. The Bertz CT molecular complexity index is 782. The average molecular weight is 401 g/mol. The molecule has 156 valence electrons. The van der Waals surface area contributed by atoms with Crippen molar-refractivity contribution < 1.29 is 23.7 Å². The summed E-state index contributed by atoms with van der Waals surface area (Å²) in [5.41, 5.74) is 0.559. The quantitative estimate of drug-likeness (QED) is 0.736. The molecule has 3 rings (SSSR count). The van der Waals surface area contributed by atoms with Crippen LogP contribution in [0, 0.1) is 0 Å². The van der Waals surface area contributed by atoms with Gasteiger partial charge in [0.1, 0.15) is 6.10 Å². The molecule has 8 nitrogen and oxygen atoms in total. The average Bonchev–Trinajstić information content (AvgIpc) is 2.75. The first-order valence-electron chi connectivity index (χ1n) is 9.58. The number of nitrogens with one attached hydrogen (secondary N) is 2. The van der Waals surface area contributed by atoms with Crippen molar-refractivity contribution in [3.8, 4) is 23.1 Å². The van der Waals surface area contributed by atoms with E-state index >= 15 is 0 Å². The van der Waals surface area contributed by atoms with Gasteiger partial charge in [0.05, 0.1) is 27.0 Å². The fourth-order valence-electron chi connectivity index (χ4n) is 3.42. The second kappa shape index (κ2) is 9.86. The molecule has 1 aromatic heterocycles. The van der Waals surface area contributed by atoms with Crippen LogP contribution < -0.4 is 29.6 Å². The lowest BCUT2D eigenvalue weighted by Gasteiger charge is -2.29. The SMILES string of the molecule is COc1cc(NC(=O)NC2CCC(Oc3ccccn3)CC2)cc(OC)c1OC. The zero-order valence-electron chi connectivity index (χ0n) is 16.9. The minimum absolute atomic E-state index is 0.0978. The van der Waals surface area contributed by atoms with Gasteiger partial charge < -0.3 is 29.6 Å². The Balaban J connectivity index is 1.51. The van der Waals surface area contributed by atoms with E-state index in [-0.39, 0.29) is 18.2 Å². The fraction of sp³-hybridized carbons (Fsp3) is 0.429. The monoisotopic (exact) mass is 401 g/mol. The molecular weight excluding hydrogens is 374 g/mol. The first-order valence-corrected chi connectivity index (χ1v) is 9.58. The van der Waals surface area contributed by atoms with E-state index in [0.29, 0.717) is 28.8 Å². The summed E-state index contributed by atoms with van der Waals surface area (Å²) in [6.07, 6.45) is 5.27. The van der Waals surface area contributed by atoms with Gasteiger partial charge in [0.25, 0.3) is 0 Å². The Morgan fingerprint density at radius 1 is 1.00 bits per heavy atom. The van der Waals surface area contributed by atoms with Gasteiger partial charge >= 0.3 is 6.03 Å². The molecular formula is C21H27N3O5. The summed E-state index contributed by atoms with van der Waals surface area (Å²) in [7, 11) is 4.60. The number of ether oxygens (including phenoxy) is 4. The van der Waals surface area contributed by atoms with Crippen LogP contribution in [0.15, 0.2) is 36.5 Å². The number of nitrogens with zero attached hydrogens (tertiary/aromatic N) is 1. The lowest BCUT2D eigenvalue weighted by Crippen LogP contribution is -2.41. The molecule has 0 aliphatic heterocycles. The van der Waals surface area contributed by atoms with Crippen LogP contribution in [0.4, 0.5) is 10.5 Å². The van der Waals surface area contributed by atoms with Crippen LogP contribution in [0.1, 0.15) is 25.7 Å². The highest BCUT2D eigenvalue weighted by atomic mass is 16.5. The van der Waals surface area contributed by atoms with Crippen molar-refractivity contribution in [2.24, 2.45) is 0 Å². The zero-order chi connectivity index (χ0) is 20.6. The lowest BCUT2D eigenvalue weighted by molar-refractivity contribution is 0.135. The number of pyridine rings is 1. The Labute approximate surface area is 170 Å². The van der Waals surface area contributed by atoms with E-state index in [9.17, 15) is 4.79 Å². The maximum Gasteiger partial charge on any atom is 0.319 e. The van der Waals surface area contributed by atoms with Gasteiger partial charge in [-0.25, -0.2) is 9.78 Å². The summed E-state index contributed by atoms with van der Waals surface area (Å²) < 4.78 is 21.8. The normalized spacial score (nSPS) is 18.4. The van der Waals surface area contributed by atoms with E-state index in [1.807, 2.05) is 18.2 Å². The van der Waals surface area contributed by atoms with Gasteiger partial charge in [-0.3, -0.25) is 0 Å². The summed E-state index contributed by atoms with van der Waals surface area (Å²) in [5, 5.41) is 5.86. The Hall–Kier alpha value is -3.16. The minimum atomic E-state index is -0.270. The molecule has 2 N–H and O–H groups in total. The van der Waals surface area contributed by atoms with E-state index in [0.717, 1.165) is 25.7 Å². The zero-order valence-corrected chi connectivity index (χ0v) is 16.9. The van der Waals surface area contributed by atoms with E-state index in [1.54, 1.807) is 18.3 Å². The molecule has 8 heteroatoms. The first-order chi connectivity index (χ1) is 14.1. The highest BCUT2D eigenvalue weighted by Crippen LogP contribution is 2.39. The van der Waals surface area contributed by atoms with Crippen LogP contribution in [0.5, 0.6) is 23.1 Å². The van der Waals surface area contributed by atoms with Crippen molar-refractivity contribution in [3.05, 3.63) is 36.5 Å². The Kier molecular flexibility index (Phi) is 6.99. The lowest BCUT2D eigenvalue weighted by atomic mass is 9.93. The highest BCUT2D eigenvalue weighted by Gasteiger charge is 2.24. The number of anilines is 1. The highest BCUT2D eigenvalue weighted by molar-refractivity contribution is 5.90. The number of rotatable bonds is 7. The molecule has 1 fully saturated rings. The maximum atomic E-state index is 12.4. The van der Waals surface area contributed by atoms with Crippen molar-refractivity contribution in [1.29, 1.82) is 0 Å². The fourth-order valence-corrected chi connectivity index (χ4v) is 3.42. The van der Waals surface area contributed by atoms with Crippen molar-refractivity contribution >= 4 is 11.7 Å². The van der Waals surface area contributed by atoms with E-state index in [2.05, 4.69) is 15.6 Å². The Morgan fingerprint density at radius 2 is 1.69 bits per heavy atom. The number of aromatic nitrogens is 1. The molecule has 0 saturated heterocycles. The van der Waals surface area contributed by atoms with E-state index in [4.69, 9.17) is 18.9 Å². The molecule has 2 amide bonds. The largest absolute Gasteiger partial charge is 0.493 e. The number of amides is 2. The molecule has 0 spiro atoms. The predicted molar refractivity (Wildman–Crippen MR) is 109 cm³/mol. The molecule has 2 aromatic rings. The number of benzene rings is 1. The van der Waals surface area contributed by atoms with Crippen LogP contribution in [-0.4, -0.2) is 44.5 Å². The third-order valence-corrected chi connectivity index (χ3v) is 4.86. The van der Waals surface area contributed by atoms with Crippen LogP contribution in [-0.2, 0) is 0 Å². The van der Waals surface area contributed by atoms with Crippen LogP contribution in [0.3, 0.4) is 0 Å². The Morgan fingerprint density at radius 3 is 2.24 bits per heavy atom. The molecule has 1 heterocycles. The minimum Gasteiger partial charge on any atom is -0.493 e. The van der Waals surface area contributed by atoms with Gasteiger partial charge in [0.2, 0.25) is 11.6 Å². The van der Waals surface area contributed by atoms with E-state index in [1.165, 1.54) is 21.3 Å². The summed E-state index contributed by atoms with van der Waals surface area (Å²) in [4.78, 5) is 16.6. The van der Waals surface area contributed by atoms with Crippen LogP contribution in [0.2, 0.25) is 0 Å². The molecule has 1 saturated carbocycles. The summed E-state index contributed by atoms with van der Waals surface area (Å²) in [5.74, 6) is 2.08. The third kappa shape index (κ3) is 5.43. The van der Waals surface area contributed by atoms with Crippen molar-refractivity contribution in [1.82, 2.24) is 10.3 Å². The van der Waals surface area contributed by atoms with Crippen LogP contribution in [0.25, 0.3) is 0 Å². The number of methoxy groups -OCH3 is 3. The smallest absolute Gasteiger partial charge is 0.319 e. The second-order valence-corrected chi connectivity index (χ2v) is 6.77. The molecule has 0 bridgehead atoms. The van der Waals surface area contributed by atoms with Gasteiger partial charge in [0, 0.05) is 30.4 Å². The number of carbonyl (C=O) groups excluding carboxylic acids is 1. The second-order valence-electron chi connectivity index (χ2n) is 6.77. The third-order valence-electron chi connectivity index (χ3n) is 4.86. The first kappa shape index (κ1) is 20.6. The molecule has 0 radical (unpaired) electrons. The maximum absolute atomic E-state index is 12.4. The van der Waals surface area contributed by atoms with E-state index < -0.39 is 0 Å². The molecule has 1 aliphatic rings. The van der Waals surface area contributed by atoms with Crippen LogP contribution >= 0.6 is 0 Å². The molecule has 1 aromatic carbocycles. The topological polar surface area (TPSA) is 90.9 Å². The van der Waals surface area contributed by atoms with Gasteiger partial charge in [-0.2, -0.15) is 0 Å². The number of urea groups is 1. The number of carbonyl (C=O) groups is 1. The van der Waals surface area contributed by atoms with Gasteiger partial charge in [0.15, 0.2) is 11.5 Å². The van der Waals surface area contributed by atoms with Crippen molar-refractivity contribution in [2.45, 2.75) is 37.8 Å². The van der Waals surface area contributed by atoms with Gasteiger partial charge in [-0.1, -0.05) is 6.07 Å². The van der Waals surface area contributed by atoms with Crippen molar-refractivity contribution in [2.75, 3.05) is 26.6 Å². The van der Waals surface area contributed by atoms with Gasteiger partial charge in [-0.05, 0) is 31.7 Å². The standard InChI is InChI=1S/C21H27N3O5/c1-26-17-12-15(13-18(27-2)20(17)28-3)24-21(25)23-14-7-9-16(10-8-14)29-19-6-4-5-11-22-19/h4-6,11-14,16H,7-10H2,1-3H3,(H2,23,24,25). The number of hydrogen-bond acceptors (Lipinski definition) is 6. The summed E-state index contributed by atoms with van der Waals surface area (Å²) >= 11 is 0. The summed E-state index contributed by atoms with van der Waals surface area (Å²) in [6, 6.07) is 8.84. The molecule has 0 atom stereocenters. The predicted octanol–water partition coefficient (Wildman–Crippen LogP) is 3.62. The van der Waals surface area contributed by atoms with Crippen molar-refractivity contribution in [3.63, 3.8) is 0 Å².